The van der Waals surface area contributed by atoms with Crippen LogP contribution < -0.4 is 10.5 Å². The molecule has 1 aromatic heterocycles. The Morgan fingerprint density at radius 2 is 2.13 bits per heavy atom. The fraction of sp³-hybridized carbons (Fsp3) is 0.0667. The first-order valence-corrected chi connectivity index (χ1v) is 7.52. The lowest BCUT2D eigenvalue weighted by Gasteiger charge is -2.12. The number of hydrogen-bond donors (Lipinski definition) is 2. The quantitative estimate of drug-likeness (QED) is 0.528. The molecule has 8 heteroatoms. The van der Waals surface area contributed by atoms with Crippen molar-refractivity contribution in [3.63, 3.8) is 0 Å². The van der Waals surface area contributed by atoms with Crippen molar-refractivity contribution in [3.8, 4) is 11.4 Å². The van der Waals surface area contributed by atoms with E-state index in [1.165, 1.54) is 11.0 Å². The van der Waals surface area contributed by atoms with Gasteiger partial charge in [-0.3, -0.25) is 5.41 Å². The summed E-state index contributed by atoms with van der Waals surface area (Å²) < 4.78 is 8.35. The van der Waals surface area contributed by atoms with Gasteiger partial charge in [-0.15, -0.1) is 5.10 Å². The van der Waals surface area contributed by atoms with E-state index in [4.69, 9.17) is 15.9 Å². The summed E-state index contributed by atoms with van der Waals surface area (Å²) in [7, 11) is 0. The summed E-state index contributed by atoms with van der Waals surface area (Å²) in [6.07, 6.45) is 1.46. The van der Waals surface area contributed by atoms with Gasteiger partial charge in [-0.2, -0.15) is 4.68 Å². The molecule has 0 bridgehead atoms. The van der Waals surface area contributed by atoms with Gasteiger partial charge in [-0.05, 0) is 46.3 Å². The highest BCUT2D eigenvalue weighted by atomic mass is 79.9. The first-order valence-electron chi connectivity index (χ1n) is 6.72. The Morgan fingerprint density at radius 3 is 2.83 bits per heavy atom. The molecule has 0 radical (unpaired) electrons. The number of ether oxygens (including phenoxy) is 1. The third-order valence-electron chi connectivity index (χ3n) is 3.15. The number of nitrogens with one attached hydrogen (secondary N) is 1. The van der Waals surface area contributed by atoms with Crippen LogP contribution in [0.25, 0.3) is 5.69 Å². The van der Waals surface area contributed by atoms with E-state index < -0.39 is 0 Å². The van der Waals surface area contributed by atoms with Crippen LogP contribution in [0, 0.1) is 5.41 Å². The zero-order valence-electron chi connectivity index (χ0n) is 12.0. The van der Waals surface area contributed by atoms with Crippen molar-refractivity contribution >= 4 is 21.8 Å². The largest absolute Gasteiger partial charge is 0.487 e. The summed E-state index contributed by atoms with van der Waals surface area (Å²) in [6.45, 7) is 0.397. The topological polar surface area (TPSA) is 103 Å². The molecule has 0 saturated heterocycles. The summed E-state index contributed by atoms with van der Waals surface area (Å²) in [5, 5.41) is 18.7. The Hall–Kier alpha value is -2.74. The van der Waals surface area contributed by atoms with Crippen LogP contribution in [0.3, 0.4) is 0 Å². The molecule has 2 aromatic carbocycles. The van der Waals surface area contributed by atoms with E-state index in [0.717, 1.165) is 10.0 Å². The van der Waals surface area contributed by atoms with Gasteiger partial charge in [0, 0.05) is 10.0 Å². The van der Waals surface area contributed by atoms with Crippen LogP contribution >= 0.6 is 15.9 Å². The van der Waals surface area contributed by atoms with Crippen LogP contribution in [0.15, 0.2) is 53.3 Å². The van der Waals surface area contributed by atoms with Gasteiger partial charge in [0.15, 0.2) is 0 Å². The minimum atomic E-state index is -0.0298. The number of tetrazole rings is 1. The fourth-order valence-corrected chi connectivity index (χ4v) is 2.49. The number of nitrogens with two attached hydrogens (primary N) is 1. The van der Waals surface area contributed by atoms with Crippen molar-refractivity contribution in [1.82, 2.24) is 20.2 Å². The van der Waals surface area contributed by atoms with Gasteiger partial charge >= 0.3 is 0 Å². The fourth-order valence-electron chi connectivity index (χ4n) is 2.05. The van der Waals surface area contributed by atoms with E-state index in [1.807, 2.05) is 24.3 Å². The molecule has 3 N–H and O–H groups in total. The van der Waals surface area contributed by atoms with Crippen molar-refractivity contribution in [2.24, 2.45) is 5.73 Å². The third kappa shape index (κ3) is 3.54. The predicted octanol–water partition coefficient (Wildman–Crippen LogP) is 2.29. The van der Waals surface area contributed by atoms with Gasteiger partial charge in [-0.1, -0.05) is 28.1 Å². The lowest BCUT2D eigenvalue weighted by molar-refractivity contribution is 0.304. The molecule has 0 saturated carbocycles. The molecular formula is C15H13BrN6O. The third-order valence-corrected chi connectivity index (χ3v) is 3.64. The highest BCUT2D eigenvalue weighted by Gasteiger charge is 2.10. The Labute approximate surface area is 140 Å². The molecule has 0 aliphatic heterocycles. The smallest absolute Gasteiger partial charge is 0.145 e. The van der Waals surface area contributed by atoms with Crippen molar-refractivity contribution in [3.05, 3.63) is 64.4 Å². The first-order chi connectivity index (χ1) is 11.1. The minimum Gasteiger partial charge on any atom is -0.487 e. The SMILES string of the molecule is N=C(N)c1ccc(OCc2cccc(Br)c2)c(-n2cnnn2)c1. The molecule has 116 valence electrons. The molecule has 3 aromatic rings. The monoisotopic (exact) mass is 372 g/mol. The standard InChI is InChI=1S/C15H13BrN6O/c16-12-3-1-2-10(6-12)8-23-14-5-4-11(15(17)18)7-13(14)22-9-19-20-21-22/h1-7,9H,8H2,(H3,17,18). The average Bonchev–Trinajstić information content (AvgIpc) is 3.07. The van der Waals surface area contributed by atoms with Crippen LogP contribution in [-0.2, 0) is 6.61 Å². The molecule has 0 fully saturated rings. The first kappa shape index (κ1) is 15.2. The van der Waals surface area contributed by atoms with E-state index in [-0.39, 0.29) is 5.84 Å². The van der Waals surface area contributed by atoms with Crippen molar-refractivity contribution in [1.29, 1.82) is 5.41 Å². The van der Waals surface area contributed by atoms with Gasteiger partial charge < -0.3 is 10.5 Å². The second-order valence-electron chi connectivity index (χ2n) is 4.77. The number of aromatic nitrogens is 4. The van der Waals surface area contributed by atoms with Crippen molar-refractivity contribution in [2.45, 2.75) is 6.61 Å². The van der Waals surface area contributed by atoms with Gasteiger partial charge in [0.25, 0.3) is 0 Å². The summed E-state index contributed by atoms with van der Waals surface area (Å²) in [4.78, 5) is 0. The number of nitrogen functional groups attached to an aromatic ring is 1. The maximum absolute atomic E-state index is 7.56. The number of halogens is 1. The Balaban J connectivity index is 1.90. The molecule has 7 nitrogen and oxygen atoms in total. The highest BCUT2D eigenvalue weighted by molar-refractivity contribution is 9.10. The summed E-state index contributed by atoms with van der Waals surface area (Å²) in [6, 6.07) is 13.1. The van der Waals surface area contributed by atoms with Crippen LogP contribution in [-0.4, -0.2) is 26.0 Å². The molecule has 0 spiro atoms. The van der Waals surface area contributed by atoms with Crippen LogP contribution in [0.4, 0.5) is 0 Å². The van der Waals surface area contributed by atoms with Crippen LogP contribution in [0.1, 0.15) is 11.1 Å². The van der Waals surface area contributed by atoms with Gasteiger partial charge in [0.1, 0.15) is 30.2 Å². The van der Waals surface area contributed by atoms with Crippen molar-refractivity contribution in [2.75, 3.05) is 0 Å². The van der Waals surface area contributed by atoms with Crippen LogP contribution in [0.2, 0.25) is 0 Å². The number of amidine groups is 1. The summed E-state index contributed by atoms with van der Waals surface area (Å²) in [5.74, 6) is 0.570. The molecule has 3 rings (SSSR count). The molecule has 23 heavy (non-hydrogen) atoms. The van der Waals surface area contributed by atoms with E-state index in [2.05, 4.69) is 31.5 Å². The number of hydrogen-bond acceptors (Lipinski definition) is 5. The average molecular weight is 373 g/mol. The molecular weight excluding hydrogens is 360 g/mol. The second kappa shape index (κ2) is 6.57. The predicted molar refractivity (Wildman–Crippen MR) is 88.6 cm³/mol. The molecule has 0 unspecified atom stereocenters. The highest BCUT2D eigenvalue weighted by Crippen LogP contribution is 2.25. The zero-order chi connectivity index (χ0) is 16.2. The molecule has 0 aliphatic carbocycles. The Morgan fingerprint density at radius 1 is 1.26 bits per heavy atom. The number of rotatable bonds is 5. The van der Waals surface area contributed by atoms with Gasteiger partial charge in [0.05, 0.1) is 0 Å². The van der Waals surface area contributed by atoms with Crippen molar-refractivity contribution < 1.29 is 4.74 Å². The van der Waals surface area contributed by atoms with Gasteiger partial charge in [0.2, 0.25) is 0 Å². The lowest BCUT2D eigenvalue weighted by Crippen LogP contribution is -2.12. The van der Waals surface area contributed by atoms with E-state index >= 15 is 0 Å². The summed E-state index contributed by atoms with van der Waals surface area (Å²) in [5.41, 5.74) is 7.77. The lowest BCUT2D eigenvalue weighted by atomic mass is 10.1. The number of benzene rings is 2. The normalized spacial score (nSPS) is 10.5. The summed E-state index contributed by atoms with van der Waals surface area (Å²) >= 11 is 3.44. The maximum atomic E-state index is 7.56. The van der Waals surface area contributed by atoms with E-state index in [1.54, 1.807) is 18.2 Å². The maximum Gasteiger partial charge on any atom is 0.145 e. The minimum absolute atomic E-state index is 0.0298. The second-order valence-corrected chi connectivity index (χ2v) is 5.68. The van der Waals surface area contributed by atoms with Crippen LogP contribution in [0.5, 0.6) is 5.75 Å². The Bertz CT molecular complexity index is 834. The molecule has 1 heterocycles. The molecule has 0 amide bonds. The Kier molecular flexibility index (Phi) is 4.33. The van der Waals surface area contributed by atoms with E-state index in [9.17, 15) is 0 Å². The van der Waals surface area contributed by atoms with E-state index in [0.29, 0.717) is 23.6 Å². The zero-order valence-corrected chi connectivity index (χ0v) is 13.6. The number of nitrogens with zero attached hydrogens (tertiary/aromatic N) is 4. The molecule has 0 atom stereocenters. The molecule has 0 aliphatic rings. The van der Waals surface area contributed by atoms with Gasteiger partial charge in [-0.25, -0.2) is 0 Å².